The number of amides is 2. The van der Waals surface area contributed by atoms with Crippen molar-refractivity contribution in [1.29, 1.82) is 0 Å². The van der Waals surface area contributed by atoms with E-state index in [0.717, 1.165) is 11.1 Å². The number of esters is 1. The first-order valence-electron chi connectivity index (χ1n) is 8.02. The predicted molar refractivity (Wildman–Crippen MR) is 98.5 cm³/mol. The highest BCUT2D eigenvalue weighted by atomic mass is 16.5. The molecule has 0 radical (unpaired) electrons. The Balaban J connectivity index is 2.01. The second-order valence-electron chi connectivity index (χ2n) is 5.63. The molecule has 0 aromatic heterocycles. The van der Waals surface area contributed by atoms with Crippen molar-refractivity contribution in [3.63, 3.8) is 0 Å². The summed E-state index contributed by atoms with van der Waals surface area (Å²) in [6.45, 7) is 1.67. The first kappa shape index (κ1) is 19.0. The molecule has 1 unspecified atom stereocenters. The quantitative estimate of drug-likeness (QED) is 0.321. The first-order chi connectivity index (χ1) is 12.5. The fourth-order valence-corrected chi connectivity index (χ4v) is 2.36. The number of carbonyl (C=O) groups is 2. The van der Waals surface area contributed by atoms with Crippen LogP contribution in [0.5, 0.6) is 0 Å². The van der Waals surface area contributed by atoms with Crippen molar-refractivity contribution in [2.45, 2.75) is 19.4 Å². The molecule has 0 aliphatic heterocycles. The highest BCUT2D eigenvalue weighted by Gasteiger charge is 2.22. The number of hydrogen-bond acceptors (Lipinski definition) is 5. The summed E-state index contributed by atoms with van der Waals surface area (Å²) in [5.41, 5.74) is 2.65. The zero-order valence-electron chi connectivity index (χ0n) is 14.6. The molecule has 2 aromatic carbocycles. The van der Waals surface area contributed by atoms with E-state index >= 15 is 0 Å². The smallest absolute Gasteiger partial charge is 0.328 e. The average Bonchev–Trinajstić information content (AvgIpc) is 2.67. The van der Waals surface area contributed by atoms with Crippen LogP contribution in [0.2, 0.25) is 0 Å². The lowest BCUT2D eigenvalue weighted by Gasteiger charge is -2.17. The van der Waals surface area contributed by atoms with E-state index in [-0.39, 0.29) is 0 Å². The summed E-state index contributed by atoms with van der Waals surface area (Å²) in [5.74, 6) is -0.519. The van der Waals surface area contributed by atoms with Gasteiger partial charge in [0, 0.05) is 12.1 Å². The Bertz CT molecular complexity index is 773. The maximum Gasteiger partial charge on any atom is 0.328 e. The average molecular weight is 355 g/mol. The van der Waals surface area contributed by atoms with Gasteiger partial charge in [0.05, 0.1) is 12.8 Å². The molecular formula is C19H21N3O4. The SMILES string of the molecule is COC(=O)C(Cc1ccccc1)NC(=O)Nc1ccc(C(C)=NO)cc1. The second kappa shape index (κ2) is 9.22. The van der Waals surface area contributed by atoms with Crippen LogP contribution < -0.4 is 10.6 Å². The molecule has 1 atom stereocenters. The van der Waals surface area contributed by atoms with Gasteiger partial charge in [-0.1, -0.05) is 47.6 Å². The van der Waals surface area contributed by atoms with Crippen molar-refractivity contribution in [2.24, 2.45) is 5.16 Å². The number of hydrogen-bond donors (Lipinski definition) is 3. The standard InChI is InChI=1S/C19H21N3O4/c1-13(22-25)15-8-10-16(11-9-15)20-19(24)21-17(18(23)26-2)12-14-6-4-3-5-7-14/h3-11,17,25H,12H2,1-2H3,(H2,20,21,24). The minimum Gasteiger partial charge on any atom is -0.467 e. The zero-order valence-corrected chi connectivity index (χ0v) is 14.6. The van der Waals surface area contributed by atoms with Crippen molar-refractivity contribution in [3.8, 4) is 0 Å². The summed E-state index contributed by atoms with van der Waals surface area (Å²) in [6, 6.07) is 14.8. The van der Waals surface area contributed by atoms with Crippen molar-refractivity contribution in [2.75, 3.05) is 12.4 Å². The number of ether oxygens (including phenoxy) is 1. The maximum atomic E-state index is 12.2. The lowest BCUT2D eigenvalue weighted by Crippen LogP contribution is -2.45. The van der Waals surface area contributed by atoms with Gasteiger partial charge in [0.2, 0.25) is 0 Å². The monoisotopic (exact) mass is 355 g/mol. The number of nitrogens with one attached hydrogen (secondary N) is 2. The topological polar surface area (TPSA) is 100 Å². The van der Waals surface area contributed by atoms with Crippen molar-refractivity contribution in [3.05, 3.63) is 65.7 Å². The van der Waals surface area contributed by atoms with Crippen LogP contribution in [0.4, 0.5) is 10.5 Å². The predicted octanol–water partition coefficient (Wildman–Crippen LogP) is 2.79. The molecule has 7 heteroatoms. The van der Waals surface area contributed by atoms with E-state index in [1.807, 2.05) is 30.3 Å². The molecule has 7 nitrogen and oxygen atoms in total. The van der Waals surface area contributed by atoms with Crippen LogP contribution in [0.15, 0.2) is 59.8 Å². The first-order valence-corrected chi connectivity index (χ1v) is 8.02. The summed E-state index contributed by atoms with van der Waals surface area (Å²) < 4.78 is 4.77. The molecule has 2 rings (SSSR count). The number of oxime groups is 1. The van der Waals surface area contributed by atoms with Crippen LogP contribution in [0, 0.1) is 0 Å². The number of nitrogens with zero attached hydrogens (tertiary/aromatic N) is 1. The van der Waals surface area contributed by atoms with Gasteiger partial charge < -0.3 is 20.6 Å². The summed E-state index contributed by atoms with van der Waals surface area (Å²) in [5, 5.41) is 17.2. The van der Waals surface area contributed by atoms with Crippen LogP contribution in [-0.4, -0.2) is 36.1 Å². The third kappa shape index (κ3) is 5.34. The molecule has 26 heavy (non-hydrogen) atoms. The lowest BCUT2D eigenvalue weighted by molar-refractivity contribution is -0.142. The zero-order chi connectivity index (χ0) is 18.9. The van der Waals surface area contributed by atoms with E-state index < -0.39 is 18.0 Å². The van der Waals surface area contributed by atoms with Gasteiger partial charge in [-0.15, -0.1) is 0 Å². The van der Waals surface area contributed by atoms with Crippen molar-refractivity contribution in [1.82, 2.24) is 5.32 Å². The molecule has 0 aliphatic rings. The molecule has 0 heterocycles. The van der Waals surface area contributed by atoms with E-state index in [2.05, 4.69) is 15.8 Å². The second-order valence-corrected chi connectivity index (χ2v) is 5.63. The number of anilines is 1. The third-order valence-electron chi connectivity index (χ3n) is 3.78. The normalized spacial score (nSPS) is 12.2. The maximum absolute atomic E-state index is 12.2. The Morgan fingerprint density at radius 3 is 2.35 bits per heavy atom. The number of benzene rings is 2. The van der Waals surface area contributed by atoms with Crippen LogP contribution in [0.3, 0.4) is 0 Å². The van der Waals surface area contributed by atoms with E-state index in [1.54, 1.807) is 31.2 Å². The minimum absolute atomic E-state index is 0.325. The Morgan fingerprint density at radius 1 is 1.12 bits per heavy atom. The number of urea groups is 1. The van der Waals surface area contributed by atoms with Crippen LogP contribution in [0.25, 0.3) is 0 Å². The van der Waals surface area contributed by atoms with Crippen LogP contribution in [-0.2, 0) is 16.0 Å². The molecule has 136 valence electrons. The van der Waals surface area contributed by atoms with Gasteiger partial charge in [0.1, 0.15) is 6.04 Å². The van der Waals surface area contributed by atoms with E-state index in [0.29, 0.717) is 17.8 Å². The molecule has 0 saturated carbocycles. The van der Waals surface area contributed by atoms with Crippen molar-refractivity contribution >= 4 is 23.4 Å². The summed E-state index contributed by atoms with van der Waals surface area (Å²) >= 11 is 0. The minimum atomic E-state index is -0.801. The van der Waals surface area contributed by atoms with E-state index in [1.165, 1.54) is 7.11 Å². The molecular weight excluding hydrogens is 334 g/mol. The van der Waals surface area contributed by atoms with Gasteiger partial charge in [-0.25, -0.2) is 9.59 Å². The Labute approximate surface area is 151 Å². The molecule has 2 aromatic rings. The van der Waals surface area contributed by atoms with Crippen LogP contribution >= 0.6 is 0 Å². The van der Waals surface area contributed by atoms with Gasteiger partial charge in [-0.3, -0.25) is 0 Å². The van der Waals surface area contributed by atoms with Crippen LogP contribution in [0.1, 0.15) is 18.1 Å². The van der Waals surface area contributed by atoms with Gasteiger partial charge in [0.25, 0.3) is 0 Å². The van der Waals surface area contributed by atoms with Crippen molar-refractivity contribution < 1.29 is 19.5 Å². The number of carbonyl (C=O) groups excluding carboxylic acids is 2. The third-order valence-corrected chi connectivity index (χ3v) is 3.78. The highest BCUT2D eigenvalue weighted by Crippen LogP contribution is 2.11. The van der Waals surface area contributed by atoms with E-state index in [9.17, 15) is 9.59 Å². The number of methoxy groups -OCH3 is 1. The summed E-state index contributed by atoms with van der Waals surface area (Å²) in [7, 11) is 1.28. The van der Waals surface area contributed by atoms with Gasteiger partial charge in [-0.2, -0.15) is 0 Å². The Kier molecular flexibility index (Phi) is 6.73. The fourth-order valence-electron chi connectivity index (χ4n) is 2.36. The molecule has 0 aliphatic carbocycles. The summed E-state index contributed by atoms with van der Waals surface area (Å²) in [6.07, 6.45) is 0.325. The van der Waals surface area contributed by atoms with E-state index in [4.69, 9.17) is 9.94 Å². The van der Waals surface area contributed by atoms with Gasteiger partial charge in [-0.05, 0) is 30.2 Å². The number of rotatable bonds is 6. The molecule has 0 spiro atoms. The molecule has 3 N–H and O–H groups in total. The Hall–Kier alpha value is -3.35. The molecule has 0 saturated heterocycles. The summed E-state index contributed by atoms with van der Waals surface area (Å²) in [4.78, 5) is 24.2. The highest BCUT2D eigenvalue weighted by molar-refractivity contribution is 5.99. The molecule has 2 amide bonds. The van der Waals surface area contributed by atoms with Gasteiger partial charge >= 0.3 is 12.0 Å². The van der Waals surface area contributed by atoms with Gasteiger partial charge in [0.15, 0.2) is 0 Å². The lowest BCUT2D eigenvalue weighted by atomic mass is 10.1. The molecule has 0 bridgehead atoms. The Morgan fingerprint density at radius 2 is 1.77 bits per heavy atom. The fraction of sp³-hybridized carbons (Fsp3) is 0.211. The largest absolute Gasteiger partial charge is 0.467 e. The molecule has 0 fully saturated rings.